The van der Waals surface area contributed by atoms with E-state index in [9.17, 15) is 0 Å². The van der Waals surface area contributed by atoms with E-state index in [-0.39, 0.29) is 24.0 Å². The third-order valence-electron chi connectivity index (χ3n) is 4.44. The van der Waals surface area contributed by atoms with E-state index < -0.39 is 0 Å². The van der Waals surface area contributed by atoms with Crippen molar-refractivity contribution in [3.63, 3.8) is 0 Å². The Balaban J connectivity index is 0.00000242. The van der Waals surface area contributed by atoms with Crippen LogP contribution in [0.4, 0.5) is 0 Å². The standard InChI is InChI=1S/C16H32N4S.HI/c1-14-11-15(2)13-19(12-14)6-4-3-5-18-16(17)20-7-9-21-10-8-20;/h14-15H,3-13H2,1-2H3,(H2,17,18);1H. The minimum atomic E-state index is 0. The van der Waals surface area contributed by atoms with Gasteiger partial charge in [0.05, 0.1) is 0 Å². The van der Waals surface area contributed by atoms with Gasteiger partial charge in [-0.05, 0) is 37.6 Å². The summed E-state index contributed by atoms with van der Waals surface area (Å²) in [6, 6.07) is 0. The number of rotatable bonds is 5. The Morgan fingerprint density at radius 1 is 1.14 bits per heavy atom. The molecule has 2 fully saturated rings. The molecule has 6 heteroatoms. The van der Waals surface area contributed by atoms with Gasteiger partial charge in [0.25, 0.3) is 0 Å². The monoisotopic (exact) mass is 440 g/mol. The number of nitrogens with zero attached hydrogens (tertiary/aromatic N) is 3. The third-order valence-corrected chi connectivity index (χ3v) is 5.38. The minimum absolute atomic E-state index is 0. The molecule has 0 aliphatic carbocycles. The van der Waals surface area contributed by atoms with E-state index in [1.165, 1.54) is 44.0 Å². The molecule has 22 heavy (non-hydrogen) atoms. The largest absolute Gasteiger partial charge is 0.370 e. The number of likely N-dealkylation sites (tertiary alicyclic amines) is 1. The fourth-order valence-corrected chi connectivity index (χ4v) is 4.41. The van der Waals surface area contributed by atoms with Crippen LogP contribution in [0.25, 0.3) is 0 Å². The summed E-state index contributed by atoms with van der Waals surface area (Å²) in [5.41, 5.74) is 6.07. The van der Waals surface area contributed by atoms with E-state index in [0.717, 1.165) is 43.9 Å². The Bertz CT molecular complexity index is 324. The number of unbranched alkanes of at least 4 members (excludes halogenated alkanes) is 1. The number of hydrogen-bond donors (Lipinski definition) is 1. The van der Waals surface area contributed by atoms with Crippen LogP contribution < -0.4 is 5.73 Å². The molecular formula is C16H33IN4S. The lowest BCUT2D eigenvalue weighted by molar-refractivity contribution is 0.139. The van der Waals surface area contributed by atoms with Crippen LogP contribution in [-0.2, 0) is 0 Å². The molecule has 2 heterocycles. The molecule has 2 atom stereocenters. The van der Waals surface area contributed by atoms with Gasteiger partial charge in [-0.25, -0.2) is 0 Å². The summed E-state index contributed by atoms with van der Waals surface area (Å²) < 4.78 is 0. The number of thioether (sulfide) groups is 1. The molecule has 2 saturated heterocycles. The molecule has 0 spiro atoms. The van der Waals surface area contributed by atoms with Crippen LogP contribution in [0.5, 0.6) is 0 Å². The Morgan fingerprint density at radius 2 is 1.77 bits per heavy atom. The first-order valence-electron chi connectivity index (χ1n) is 8.50. The Labute approximate surface area is 157 Å². The molecule has 0 aromatic heterocycles. The van der Waals surface area contributed by atoms with Gasteiger partial charge in [-0.3, -0.25) is 4.99 Å². The molecule has 4 nitrogen and oxygen atoms in total. The molecule has 0 bridgehead atoms. The molecule has 0 aromatic carbocycles. The zero-order chi connectivity index (χ0) is 15.1. The van der Waals surface area contributed by atoms with Gasteiger partial charge >= 0.3 is 0 Å². The normalized spacial score (nSPS) is 27.5. The van der Waals surface area contributed by atoms with Gasteiger partial charge in [0.1, 0.15) is 0 Å². The van der Waals surface area contributed by atoms with E-state index >= 15 is 0 Å². The Morgan fingerprint density at radius 3 is 2.41 bits per heavy atom. The summed E-state index contributed by atoms with van der Waals surface area (Å²) in [5.74, 6) is 4.85. The van der Waals surface area contributed by atoms with Crippen LogP contribution in [0.15, 0.2) is 4.99 Å². The maximum absolute atomic E-state index is 6.07. The molecule has 2 unspecified atom stereocenters. The van der Waals surface area contributed by atoms with Crippen molar-refractivity contribution in [2.75, 3.05) is 50.8 Å². The third kappa shape index (κ3) is 7.25. The number of piperidine rings is 1. The highest BCUT2D eigenvalue weighted by atomic mass is 127. The van der Waals surface area contributed by atoms with Crippen molar-refractivity contribution in [2.24, 2.45) is 22.6 Å². The molecular weight excluding hydrogens is 407 g/mol. The molecule has 0 aromatic rings. The highest BCUT2D eigenvalue weighted by Crippen LogP contribution is 2.21. The predicted octanol–water partition coefficient (Wildman–Crippen LogP) is 2.73. The minimum Gasteiger partial charge on any atom is -0.370 e. The van der Waals surface area contributed by atoms with Gasteiger partial charge in [0, 0.05) is 44.2 Å². The number of guanidine groups is 1. The molecule has 0 amide bonds. The van der Waals surface area contributed by atoms with E-state index in [1.807, 2.05) is 11.8 Å². The second kappa shape index (κ2) is 11.0. The van der Waals surface area contributed by atoms with Crippen molar-refractivity contribution < 1.29 is 0 Å². The zero-order valence-corrected chi connectivity index (χ0v) is 17.3. The second-order valence-corrected chi connectivity index (χ2v) is 7.98. The van der Waals surface area contributed by atoms with Crippen LogP contribution in [-0.4, -0.2) is 66.5 Å². The number of aliphatic imine (C=N–C) groups is 1. The van der Waals surface area contributed by atoms with Crippen molar-refractivity contribution in [2.45, 2.75) is 33.1 Å². The van der Waals surface area contributed by atoms with Crippen molar-refractivity contribution in [3.8, 4) is 0 Å². The average Bonchev–Trinajstić information content (AvgIpc) is 2.46. The molecule has 0 radical (unpaired) electrons. The number of nitrogens with two attached hydrogens (primary N) is 1. The maximum Gasteiger partial charge on any atom is 0.191 e. The van der Waals surface area contributed by atoms with Crippen molar-refractivity contribution in [1.29, 1.82) is 0 Å². The zero-order valence-electron chi connectivity index (χ0n) is 14.2. The smallest absolute Gasteiger partial charge is 0.191 e. The summed E-state index contributed by atoms with van der Waals surface area (Å²) in [6.07, 6.45) is 3.79. The van der Waals surface area contributed by atoms with Crippen LogP contribution >= 0.6 is 35.7 Å². The predicted molar refractivity (Wildman–Crippen MR) is 109 cm³/mol. The van der Waals surface area contributed by atoms with Gasteiger partial charge in [0.15, 0.2) is 5.96 Å². The molecule has 130 valence electrons. The molecule has 2 aliphatic rings. The van der Waals surface area contributed by atoms with Gasteiger partial charge in [0.2, 0.25) is 0 Å². The summed E-state index contributed by atoms with van der Waals surface area (Å²) >= 11 is 2.01. The highest BCUT2D eigenvalue weighted by molar-refractivity contribution is 14.0. The van der Waals surface area contributed by atoms with Crippen LogP contribution in [0.2, 0.25) is 0 Å². The quantitative estimate of drug-likeness (QED) is 0.309. The first-order chi connectivity index (χ1) is 10.1. The SMILES string of the molecule is CC1CC(C)CN(CCCCN=C(N)N2CCSCC2)C1.I. The first kappa shape index (κ1) is 20.4. The van der Waals surface area contributed by atoms with E-state index in [2.05, 4.69) is 28.6 Å². The van der Waals surface area contributed by atoms with E-state index in [1.54, 1.807) is 0 Å². The fraction of sp³-hybridized carbons (Fsp3) is 0.938. The fourth-order valence-electron chi connectivity index (χ4n) is 3.51. The molecule has 2 aliphatic heterocycles. The molecule has 2 N–H and O–H groups in total. The Kier molecular flexibility index (Phi) is 10.1. The van der Waals surface area contributed by atoms with Crippen molar-refractivity contribution in [3.05, 3.63) is 0 Å². The first-order valence-corrected chi connectivity index (χ1v) is 9.65. The van der Waals surface area contributed by atoms with Gasteiger partial charge in [-0.2, -0.15) is 11.8 Å². The maximum atomic E-state index is 6.07. The molecule has 0 saturated carbocycles. The lowest BCUT2D eigenvalue weighted by atomic mass is 9.92. The Hall–Kier alpha value is 0.310. The average molecular weight is 440 g/mol. The van der Waals surface area contributed by atoms with Gasteiger partial charge in [-0.15, -0.1) is 24.0 Å². The molecule has 2 rings (SSSR count). The van der Waals surface area contributed by atoms with Crippen molar-refractivity contribution >= 4 is 41.7 Å². The lowest BCUT2D eigenvalue weighted by Crippen LogP contribution is -2.42. The van der Waals surface area contributed by atoms with Gasteiger partial charge < -0.3 is 15.5 Å². The van der Waals surface area contributed by atoms with Crippen LogP contribution in [0.1, 0.15) is 33.1 Å². The van der Waals surface area contributed by atoms with Crippen LogP contribution in [0.3, 0.4) is 0 Å². The highest BCUT2D eigenvalue weighted by Gasteiger charge is 2.20. The van der Waals surface area contributed by atoms with E-state index in [4.69, 9.17) is 5.73 Å². The summed E-state index contributed by atoms with van der Waals surface area (Å²) in [4.78, 5) is 9.41. The van der Waals surface area contributed by atoms with Gasteiger partial charge in [-0.1, -0.05) is 13.8 Å². The van der Waals surface area contributed by atoms with Crippen LogP contribution in [0, 0.1) is 11.8 Å². The summed E-state index contributed by atoms with van der Waals surface area (Å²) in [7, 11) is 0. The second-order valence-electron chi connectivity index (χ2n) is 6.75. The van der Waals surface area contributed by atoms with Crippen molar-refractivity contribution in [1.82, 2.24) is 9.80 Å². The summed E-state index contributed by atoms with van der Waals surface area (Å²) in [5, 5.41) is 0. The van der Waals surface area contributed by atoms with E-state index in [0.29, 0.717) is 0 Å². The number of halogens is 1. The summed E-state index contributed by atoms with van der Waals surface area (Å²) in [6.45, 7) is 11.5. The number of hydrogen-bond acceptors (Lipinski definition) is 3. The lowest BCUT2D eigenvalue weighted by Gasteiger charge is -2.34. The topological polar surface area (TPSA) is 44.9 Å².